The van der Waals surface area contributed by atoms with Crippen LogP contribution in [0.3, 0.4) is 0 Å². The van der Waals surface area contributed by atoms with Crippen LogP contribution in [0, 0.1) is 39.9 Å². The molecule has 38 heavy (non-hydrogen) atoms. The first-order chi connectivity index (χ1) is 17.6. The molecule has 4 rings (SSSR count). The fraction of sp³-hybridized carbons (Fsp3) is 0.806. The van der Waals surface area contributed by atoms with Gasteiger partial charge in [-0.25, -0.2) is 4.79 Å². The topological polar surface area (TPSA) is 104 Å². The monoisotopic (exact) mass is 642 g/mol. The average Bonchev–Trinajstić information content (AvgIpc) is 3.08. The standard InChI is InChI=1S/C31H47IO6/c1-16(2)22(32)9-8-19(28(36)37)26-21-14-24(35)27-29(5)12-11-23(34)17(3)20(29)10-13-30(27,6)31(21,7)15-25(26)38-18(4)33/h17,20-21,23-25,27,34-35H,8-15H2,1-7H3,(H,36,37)/b26-19-/t17-,20-,21-,23+,24+,25-,27?,29-,30-,31-/m0/s1. The molecular formula is C31H47IO6. The molecule has 0 bridgehead atoms. The van der Waals surface area contributed by atoms with Crippen LogP contribution in [0.15, 0.2) is 20.3 Å². The fourth-order valence-corrected chi connectivity index (χ4v) is 10.0. The lowest BCUT2D eigenvalue weighted by molar-refractivity contribution is -0.234. The number of fused-ring (bicyclic) bond motifs is 5. The van der Waals surface area contributed by atoms with Crippen molar-refractivity contribution in [3.8, 4) is 0 Å². The molecule has 10 atom stereocenters. The van der Waals surface area contributed by atoms with Crippen molar-refractivity contribution in [2.75, 3.05) is 0 Å². The molecule has 1 unspecified atom stereocenters. The molecule has 7 heteroatoms. The van der Waals surface area contributed by atoms with E-state index in [4.69, 9.17) is 4.74 Å². The fourth-order valence-electron chi connectivity index (χ4n) is 9.77. The highest BCUT2D eigenvalue weighted by Gasteiger charge is 2.70. The van der Waals surface area contributed by atoms with Crippen LogP contribution in [0.2, 0.25) is 0 Å². The first-order valence-corrected chi connectivity index (χ1v) is 15.5. The number of rotatable bonds is 5. The van der Waals surface area contributed by atoms with Crippen LogP contribution < -0.4 is 0 Å². The van der Waals surface area contributed by atoms with Crippen LogP contribution in [0.1, 0.15) is 99.8 Å². The highest BCUT2D eigenvalue weighted by molar-refractivity contribution is 14.1. The van der Waals surface area contributed by atoms with Gasteiger partial charge in [0.25, 0.3) is 0 Å². The number of carboxylic acids is 1. The Hall–Kier alpha value is -0.930. The van der Waals surface area contributed by atoms with Crippen molar-refractivity contribution in [1.29, 1.82) is 0 Å². The molecule has 0 saturated heterocycles. The maximum atomic E-state index is 12.7. The van der Waals surface area contributed by atoms with Crippen molar-refractivity contribution in [2.24, 2.45) is 39.9 Å². The molecule has 0 heterocycles. The summed E-state index contributed by atoms with van der Waals surface area (Å²) in [5, 5.41) is 33.0. The number of hydrogen-bond acceptors (Lipinski definition) is 5. The summed E-state index contributed by atoms with van der Waals surface area (Å²) in [5.41, 5.74) is 1.59. The summed E-state index contributed by atoms with van der Waals surface area (Å²) in [6.07, 6.45) is 4.16. The van der Waals surface area contributed by atoms with Gasteiger partial charge in [0.05, 0.1) is 12.2 Å². The van der Waals surface area contributed by atoms with Gasteiger partial charge in [-0.05, 0) is 137 Å². The van der Waals surface area contributed by atoms with Gasteiger partial charge in [0.1, 0.15) is 6.10 Å². The van der Waals surface area contributed by atoms with Crippen molar-refractivity contribution in [2.45, 2.75) is 118 Å². The van der Waals surface area contributed by atoms with E-state index in [1.165, 1.54) is 12.5 Å². The van der Waals surface area contributed by atoms with Gasteiger partial charge >= 0.3 is 11.9 Å². The molecule has 0 spiro atoms. The zero-order chi connectivity index (χ0) is 28.4. The average molecular weight is 643 g/mol. The Labute approximate surface area is 241 Å². The number of carboxylic acid groups (broad SMARTS) is 1. The van der Waals surface area contributed by atoms with Crippen molar-refractivity contribution in [3.63, 3.8) is 0 Å². The second-order valence-corrected chi connectivity index (χ2v) is 15.0. The van der Waals surface area contributed by atoms with Gasteiger partial charge in [0.15, 0.2) is 0 Å². The van der Waals surface area contributed by atoms with Crippen LogP contribution in [-0.4, -0.2) is 45.6 Å². The second kappa shape index (κ2) is 10.5. The molecule has 4 aliphatic carbocycles. The van der Waals surface area contributed by atoms with Gasteiger partial charge in [0.2, 0.25) is 0 Å². The lowest BCUT2D eigenvalue weighted by Crippen LogP contribution is -2.65. The van der Waals surface area contributed by atoms with Gasteiger partial charge < -0.3 is 20.1 Å². The Morgan fingerprint density at radius 3 is 2.24 bits per heavy atom. The molecule has 0 aliphatic heterocycles. The predicted octanol–water partition coefficient (Wildman–Crippen LogP) is 6.43. The normalized spacial score (nSPS) is 45.4. The van der Waals surface area contributed by atoms with Gasteiger partial charge in [0, 0.05) is 12.5 Å². The summed E-state index contributed by atoms with van der Waals surface area (Å²) in [4.78, 5) is 25.0. The maximum absolute atomic E-state index is 12.7. The van der Waals surface area contributed by atoms with Crippen LogP contribution in [0.4, 0.5) is 0 Å². The van der Waals surface area contributed by atoms with Gasteiger partial charge in [-0.3, -0.25) is 4.79 Å². The minimum absolute atomic E-state index is 0.0437. The molecule has 214 valence electrons. The number of aliphatic hydroxyl groups is 2. The summed E-state index contributed by atoms with van der Waals surface area (Å²) < 4.78 is 7.04. The number of halogens is 1. The molecular weight excluding hydrogens is 595 g/mol. The molecule has 4 aliphatic rings. The quantitative estimate of drug-likeness (QED) is 0.182. The molecule has 4 fully saturated rings. The Morgan fingerprint density at radius 2 is 1.66 bits per heavy atom. The van der Waals surface area contributed by atoms with Crippen molar-refractivity contribution < 1.29 is 29.6 Å². The largest absolute Gasteiger partial charge is 0.478 e. The number of hydrogen-bond donors (Lipinski definition) is 3. The number of aliphatic hydroxyl groups excluding tert-OH is 2. The highest BCUT2D eigenvalue weighted by atomic mass is 127. The summed E-state index contributed by atoms with van der Waals surface area (Å²) in [7, 11) is 0. The smallest absolute Gasteiger partial charge is 0.331 e. The minimum Gasteiger partial charge on any atom is -0.478 e. The Kier molecular flexibility index (Phi) is 8.28. The zero-order valence-corrected chi connectivity index (χ0v) is 26.3. The van der Waals surface area contributed by atoms with Gasteiger partial charge in [-0.2, -0.15) is 0 Å². The SMILES string of the molecule is CC(=O)O[C@H]1C[C@@]2(C)[C@@H](C[C@@H](O)C3[C@]2(C)CC[C@H]2[C@H](C)[C@H](O)CC[C@]32C)/C1=C(\CCC(I)=C(C)C)C(=O)O. The molecule has 6 nitrogen and oxygen atoms in total. The van der Waals surface area contributed by atoms with Crippen LogP contribution >= 0.6 is 22.6 Å². The van der Waals surface area contributed by atoms with Crippen molar-refractivity contribution in [1.82, 2.24) is 0 Å². The number of allylic oxidation sites excluding steroid dienone is 2. The molecule has 0 aromatic rings. The molecule has 0 aromatic heterocycles. The van der Waals surface area contributed by atoms with Crippen molar-refractivity contribution in [3.05, 3.63) is 20.3 Å². The lowest BCUT2D eigenvalue weighted by Gasteiger charge is -2.69. The van der Waals surface area contributed by atoms with Crippen LogP contribution in [0.5, 0.6) is 0 Å². The molecule has 3 N–H and O–H groups in total. The Bertz CT molecular complexity index is 1040. The van der Waals surface area contributed by atoms with Crippen molar-refractivity contribution >= 4 is 34.5 Å². The van der Waals surface area contributed by atoms with Gasteiger partial charge in [-0.1, -0.05) is 33.3 Å². The lowest BCUT2D eigenvalue weighted by atomic mass is 9.36. The molecule has 0 radical (unpaired) electrons. The van der Waals surface area contributed by atoms with E-state index < -0.39 is 24.1 Å². The first kappa shape index (κ1) is 30.0. The minimum atomic E-state index is -0.952. The van der Waals surface area contributed by atoms with E-state index in [1.54, 1.807) is 0 Å². The Morgan fingerprint density at radius 1 is 1.00 bits per heavy atom. The second-order valence-electron chi connectivity index (χ2n) is 13.7. The summed E-state index contributed by atoms with van der Waals surface area (Å²) in [5.74, 6) is -0.925. The first-order valence-electron chi connectivity index (χ1n) is 14.4. The maximum Gasteiger partial charge on any atom is 0.331 e. The van der Waals surface area contributed by atoms with E-state index in [1.807, 2.05) is 13.8 Å². The van der Waals surface area contributed by atoms with E-state index in [9.17, 15) is 24.9 Å². The summed E-state index contributed by atoms with van der Waals surface area (Å²) in [6.45, 7) is 14.5. The summed E-state index contributed by atoms with van der Waals surface area (Å²) >= 11 is 2.29. The third-order valence-corrected chi connectivity index (χ3v) is 13.4. The summed E-state index contributed by atoms with van der Waals surface area (Å²) in [6, 6.07) is 0. The van der Waals surface area contributed by atoms with Crippen LogP contribution in [0.25, 0.3) is 0 Å². The number of ether oxygens (including phenoxy) is 1. The third kappa shape index (κ3) is 4.60. The van der Waals surface area contributed by atoms with Crippen LogP contribution in [-0.2, 0) is 14.3 Å². The molecule has 0 aromatic carbocycles. The van der Waals surface area contributed by atoms with Gasteiger partial charge in [-0.15, -0.1) is 0 Å². The number of aliphatic carboxylic acids is 1. The zero-order valence-electron chi connectivity index (χ0n) is 24.1. The number of carbonyl (C=O) groups excluding carboxylic acids is 1. The number of esters is 1. The van der Waals surface area contributed by atoms with E-state index >= 15 is 0 Å². The van der Waals surface area contributed by atoms with E-state index in [0.717, 1.165) is 34.8 Å². The van der Waals surface area contributed by atoms with E-state index in [2.05, 4.69) is 50.3 Å². The van der Waals surface area contributed by atoms with E-state index in [-0.39, 0.29) is 40.1 Å². The predicted molar refractivity (Wildman–Crippen MR) is 156 cm³/mol. The Balaban J connectivity index is 1.83. The molecule has 0 amide bonds. The van der Waals surface area contributed by atoms with E-state index in [0.29, 0.717) is 37.2 Å². The third-order valence-electron chi connectivity index (χ3n) is 11.8. The number of carbonyl (C=O) groups is 2. The highest BCUT2D eigenvalue weighted by Crippen LogP contribution is 2.74. The molecule has 4 saturated carbocycles.